The lowest BCUT2D eigenvalue weighted by Gasteiger charge is -1.99. The van der Waals surface area contributed by atoms with Crippen molar-refractivity contribution < 1.29 is 9.90 Å². The first-order valence-electron chi connectivity index (χ1n) is 11.2. The van der Waals surface area contributed by atoms with Crippen LogP contribution in [-0.4, -0.2) is 17.6 Å². The van der Waals surface area contributed by atoms with E-state index in [1.807, 2.05) is 54.8 Å². The number of carboxylic acids is 1. The van der Waals surface area contributed by atoms with Gasteiger partial charge in [0.25, 0.3) is 0 Å². The number of unbranched alkanes of at least 4 members (excludes halogenated alkanes) is 8. The van der Waals surface area contributed by atoms with E-state index in [9.17, 15) is 4.79 Å². The molecule has 0 heterocycles. The van der Waals surface area contributed by atoms with E-state index in [0.717, 1.165) is 0 Å². The van der Waals surface area contributed by atoms with E-state index in [-0.39, 0.29) is 6.42 Å². The topological polar surface area (TPSA) is 49.3 Å². The van der Waals surface area contributed by atoms with Crippen molar-refractivity contribution in [1.29, 1.82) is 0 Å². The predicted octanol–water partition coefficient (Wildman–Crippen LogP) is 7.27. The van der Waals surface area contributed by atoms with Gasteiger partial charge in [0.1, 0.15) is 0 Å². The Balaban J connectivity index is 3.54. The second kappa shape index (κ2) is 23.7. The highest BCUT2D eigenvalue weighted by atomic mass is 16.4. The second-order valence-corrected chi connectivity index (χ2v) is 7.04. The first kappa shape index (κ1) is 26.7. The number of allylic oxidation sites excluding steroid dienone is 11. The zero-order valence-electron chi connectivity index (χ0n) is 18.3. The third-order valence-corrected chi connectivity index (χ3v) is 4.29. The van der Waals surface area contributed by atoms with E-state index >= 15 is 0 Å². The van der Waals surface area contributed by atoms with E-state index in [2.05, 4.69) is 30.5 Å². The quantitative estimate of drug-likeness (QED) is 0.177. The van der Waals surface area contributed by atoms with Crippen molar-refractivity contribution in [2.24, 2.45) is 0 Å². The number of hydrogen-bond acceptors (Lipinski definition) is 2. The lowest BCUT2D eigenvalue weighted by molar-refractivity contribution is -0.137. The largest absolute Gasteiger partial charge is 0.481 e. The highest BCUT2D eigenvalue weighted by molar-refractivity contribution is 5.66. The molecule has 3 heteroatoms. The summed E-state index contributed by atoms with van der Waals surface area (Å²) in [4.78, 5) is 10.3. The van der Waals surface area contributed by atoms with Crippen molar-refractivity contribution in [3.8, 4) is 0 Å². The maximum Gasteiger partial charge on any atom is 0.303 e. The van der Waals surface area contributed by atoms with Crippen LogP contribution < -0.4 is 5.32 Å². The molecule has 0 rings (SSSR count). The zero-order valence-corrected chi connectivity index (χ0v) is 18.3. The van der Waals surface area contributed by atoms with Crippen LogP contribution in [0.1, 0.15) is 77.6 Å². The van der Waals surface area contributed by atoms with Gasteiger partial charge in [0.15, 0.2) is 0 Å². The van der Waals surface area contributed by atoms with E-state index in [1.165, 1.54) is 57.8 Å². The average molecular weight is 400 g/mol. The highest BCUT2D eigenvalue weighted by Crippen LogP contribution is 2.09. The molecular weight excluding hydrogens is 358 g/mol. The molecule has 0 amide bonds. The summed E-state index contributed by atoms with van der Waals surface area (Å²) in [6.07, 6.45) is 37.1. The van der Waals surface area contributed by atoms with Gasteiger partial charge in [0.05, 0.1) is 0 Å². The number of hydrogen-bond donors (Lipinski definition) is 2. The minimum atomic E-state index is -0.751. The number of carbonyl (C=O) groups is 1. The Kier molecular flexibility index (Phi) is 21.9. The molecule has 29 heavy (non-hydrogen) atoms. The molecule has 0 fully saturated rings. The van der Waals surface area contributed by atoms with Crippen LogP contribution in [0, 0.1) is 0 Å². The molecule has 0 aromatic rings. The van der Waals surface area contributed by atoms with Gasteiger partial charge in [0, 0.05) is 13.0 Å². The molecule has 2 N–H and O–H groups in total. The van der Waals surface area contributed by atoms with Crippen LogP contribution in [0.15, 0.2) is 73.0 Å². The molecule has 0 aromatic carbocycles. The van der Waals surface area contributed by atoms with Crippen molar-refractivity contribution in [2.75, 3.05) is 6.54 Å². The Bertz CT molecular complexity index is 539. The van der Waals surface area contributed by atoms with Crippen molar-refractivity contribution in [2.45, 2.75) is 77.6 Å². The summed E-state index contributed by atoms with van der Waals surface area (Å²) >= 11 is 0. The maximum atomic E-state index is 10.3. The molecule has 0 bridgehead atoms. The smallest absolute Gasteiger partial charge is 0.303 e. The standard InChI is InChI=1S/C26H41NO2/c1-2-3-4-5-6-7-8-9-10-11-12-13-14-15-16-17-18-19-20-21-24-27-25-22-23-26(28)29/h11-21,24,27H,2-10,22-23,25H2,1H3,(H,28,29). The van der Waals surface area contributed by atoms with Gasteiger partial charge in [-0.2, -0.15) is 0 Å². The summed E-state index contributed by atoms with van der Waals surface area (Å²) < 4.78 is 0. The second-order valence-electron chi connectivity index (χ2n) is 7.04. The molecule has 0 spiro atoms. The number of carboxylic acid groups (broad SMARTS) is 1. The predicted molar refractivity (Wildman–Crippen MR) is 127 cm³/mol. The van der Waals surface area contributed by atoms with Crippen LogP contribution in [0.4, 0.5) is 0 Å². The molecule has 0 aliphatic rings. The summed E-state index contributed by atoms with van der Waals surface area (Å²) in [5.74, 6) is -0.751. The van der Waals surface area contributed by atoms with Crippen molar-refractivity contribution >= 4 is 5.97 Å². The Morgan fingerprint density at radius 2 is 1.21 bits per heavy atom. The molecule has 0 atom stereocenters. The minimum absolute atomic E-state index is 0.204. The normalized spacial score (nSPS) is 12.7. The molecule has 3 nitrogen and oxygen atoms in total. The minimum Gasteiger partial charge on any atom is -0.481 e. The molecule has 0 saturated carbocycles. The fraction of sp³-hybridized carbons (Fsp3) is 0.500. The van der Waals surface area contributed by atoms with Gasteiger partial charge in [-0.05, 0) is 31.5 Å². The third-order valence-electron chi connectivity index (χ3n) is 4.29. The van der Waals surface area contributed by atoms with Gasteiger partial charge in [-0.15, -0.1) is 0 Å². The molecule has 162 valence electrons. The van der Waals surface area contributed by atoms with Crippen LogP contribution in [0.5, 0.6) is 0 Å². The summed E-state index contributed by atoms with van der Waals surface area (Å²) in [7, 11) is 0. The summed E-state index contributed by atoms with van der Waals surface area (Å²) in [6, 6.07) is 0. The number of nitrogens with one attached hydrogen (secondary N) is 1. The lowest BCUT2D eigenvalue weighted by Crippen LogP contribution is -2.08. The molecule has 0 aliphatic carbocycles. The van der Waals surface area contributed by atoms with Gasteiger partial charge < -0.3 is 10.4 Å². The molecular formula is C26H41NO2. The van der Waals surface area contributed by atoms with E-state index in [4.69, 9.17) is 5.11 Å². The van der Waals surface area contributed by atoms with Crippen LogP contribution in [0.2, 0.25) is 0 Å². The van der Waals surface area contributed by atoms with Gasteiger partial charge >= 0.3 is 5.97 Å². The number of aliphatic carboxylic acids is 1. The molecule has 0 saturated heterocycles. The summed E-state index contributed by atoms with van der Waals surface area (Å²) in [5, 5.41) is 11.6. The fourth-order valence-electron chi connectivity index (χ4n) is 2.63. The third kappa shape index (κ3) is 25.7. The van der Waals surface area contributed by atoms with Gasteiger partial charge in [-0.1, -0.05) is 113 Å². The first-order chi connectivity index (χ1) is 14.3. The van der Waals surface area contributed by atoms with Gasteiger partial charge in [-0.25, -0.2) is 0 Å². The summed E-state index contributed by atoms with van der Waals surface area (Å²) in [6.45, 7) is 2.94. The highest BCUT2D eigenvalue weighted by Gasteiger charge is 1.93. The first-order valence-corrected chi connectivity index (χ1v) is 11.2. The fourth-order valence-corrected chi connectivity index (χ4v) is 2.63. The van der Waals surface area contributed by atoms with Crippen LogP contribution in [-0.2, 0) is 4.79 Å². The maximum absolute atomic E-state index is 10.3. The van der Waals surface area contributed by atoms with Crippen LogP contribution in [0.25, 0.3) is 0 Å². The molecule has 0 aromatic heterocycles. The van der Waals surface area contributed by atoms with Crippen molar-refractivity contribution in [1.82, 2.24) is 5.32 Å². The average Bonchev–Trinajstić information content (AvgIpc) is 2.71. The zero-order chi connectivity index (χ0) is 21.3. The van der Waals surface area contributed by atoms with Gasteiger partial charge in [0.2, 0.25) is 0 Å². The number of rotatable bonds is 19. The monoisotopic (exact) mass is 399 g/mol. The van der Waals surface area contributed by atoms with E-state index in [0.29, 0.717) is 13.0 Å². The van der Waals surface area contributed by atoms with E-state index < -0.39 is 5.97 Å². The van der Waals surface area contributed by atoms with Crippen LogP contribution >= 0.6 is 0 Å². The Morgan fingerprint density at radius 3 is 1.79 bits per heavy atom. The SMILES string of the molecule is CCCCCCCCCCC=CC=CC=CC=CC=CC=CNCCCC(=O)O. The molecule has 0 aliphatic heterocycles. The Morgan fingerprint density at radius 1 is 0.690 bits per heavy atom. The van der Waals surface area contributed by atoms with Crippen LogP contribution in [0.3, 0.4) is 0 Å². The lowest BCUT2D eigenvalue weighted by atomic mass is 10.1. The summed E-state index contributed by atoms with van der Waals surface area (Å²) in [5.41, 5.74) is 0. The Labute approximate surface area is 178 Å². The molecule has 0 unspecified atom stereocenters. The molecule has 0 radical (unpaired) electrons. The van der Waals surface area contributed by atoms with Crippen molar-refractivity contribution in [3.63, 3.8) is 0 Å². The Hall–Kier alpha value is -2.29. The van der Waals surface area contributed by atoms with Gasteiger partial charge in [-0.3, -0.25) is 4.79 Å². The van der Waals surface area contributed by atoms with Crippen molar-refractivity contribution in [3.05, 3.63) is 73.0 Å². The van der Waals surface area contributed by atoms with E-state index in [1.54, 1.807) is 0 Å².